The van der Waals surface area contributed by atoms with Gasteiger partial charge in [0.1, 0.15) is 0 Å². The van der Waals surface area contributed by atoms with Crippen molar-refractivity contribution in [1.82, 2.24) is 0 Å². The molecular formula is C15H17AsCl2. The molecule has 0 heterocycles. The van der Waals surface area contributed by atoms with E-state index in [0.29, 0.717) is 5.92 Å². The number of hydrogen-bond donors (Lipinski definition) is 0. The summed E-state index contributed by atoms with van der Waals surface area (Å²) in [6.45, 7) is 0. The predicted octanol–water partition coefficient (Wildman–Crippen LogP) is 4.64. The molecule has 2 rings (SSSR count). The van der Waals surface area contributed by atoms with Crippen molar-refractivity contribution >= 4 is 32.7 Å². The summed E-state index contributed by atoms with van der Waals surface area (Å²) in [6, 6.07) is 21.2. The molecule has 0 aliphatic heterocycles. The SMILES string of the molecule is Cl[AsH2](Cl)CCC(c1ccccc1)c1ccccc1. The van der Waals surface area contributed by atoms with E-state index in [1.807, 2.05) is 0 Å². The molecule has 0 atom stereocenters. The summed E-state index contributed by atoms with van der Waals surface area (Å²) in [5.74, 6) is 0.415. The van der Waals surface area contributed by atoms with Gasteiger partial charge in [0.2, 0.25) is 0 Å². The molecule has 0 spiro atoms. The zero-order valence-electron chi connectivity index (χ0n) is 10.1. The maximum atomic E-state index is 6.05. The summed E-state index contributed by atoms with van der Waals surface area (Å²) in [4.78, 5) is 0. The third-order valence-electron chi connectivity index (χ3n) is 3.08. The van der Waals surface area contributed by atoms with Crippen LogP contribution in [0.25, 0.3) is 0 Å². The van der Waals surface area contributed by atoms with Crippen molar-refractivity contribution in [3.05, 3.63) is 71.8 Å². The quantitative estimate of drug-likeness (QED) is 0.694. The first-order valence-corrected chi connectivity index (χ1v) is 14.2. The molecule has 0 aliphatic carbocycles. The van der Waals surface area contributed by atoms with Gasteiger partial charge in [-0.3, -0.25) is 0 Å². The van der Waals surface area contributed by atoms with E-state index in [4.69, 9.17) is 19.9 Å². The first-order chi connectivity index (χ1) is 8.77. The Hall–Kier alpha value is -0.422. The molecule has 2 aromatic rings. The number of benzene rings is 2. The van der Waals surface area contributed by atoms with Crippen molar-refractivity contribution in [2.75, 3.05) is 0 Å². The van der Waals surface area contributed by atoms with Crippen LogP contribution in [0.2, 0.25) is 5.21 Å². The Kier molecular flexibility index (Phi) is 5.63. The van der Waals surface area contributed by atoms with Crippen LogP contribution in [-0.2, 0) is 0 Å². The molecule has 3 heteroatoms. The van der Waals surface area contributed by atoms with Crippen LogP contribution >= 0.6 is 19.9 Å². The molecule has 0 aliphatic rings. The Morgan fingerprint density at radius 1 is 0.778 bits per heavy atom. The minimum atomic E-state index is -1.96. The summed E-state index contributed by atoms with van der Waals surface area (Å²) < 4.78 is 0. The fourth-order valence-corrected chi connectivity index (χ4v) is 4.73. The average molecular weight is 343 g/mol. The van der Waals surface area contributed by atoms with Crippen molar-refractivity contribution < 1.29 is 0 Å². The Morgan fingerprint density at radius 3 is 1.61 bits per heavy atom. The normalized spacial score (nSPS) is 11.6. The molecular weight excluding hydrogens is 326 g/mol. The number of halogens is 2. The zero-order chi connectivity index (χ0) is 12.8. The minimum absolute atomic E-state index is 0.415. The van der Waals surface area contributed by atoms with E-state index < -0.39 is 12.8 Å². The zero-order valence-corrected chi connectivity index (χ0v) is 14.0. The topological polar surface area (TPSA) is 0 Å². The molecule has 0 amide bonds. The molecule has 96 valence electrons. The van der Waals surface area contributed by atoms with E-state index in [0.717, 1.165) is 11.6 Å². The van der Waals surface area contributed by atoms with Gasteiger partial charge in [-0.05, 0) is 0 Å². The van der Waals surface area contributed by atoms with Crippen LogP contribution in [0.3, 0.4) is 0 Å². The molecule has 0 saturated carbocycles. The van der Waals surface area contributed by atoms with E-state index >= 15 is 0 Å². The fourth-order valence-electron chi connectivity index (χ4n) is 2.19. The van der Waals surface area contributed by atoms with Gasteiger partial charge in [-0.2, -0.15) is 0 Å². The van der Waals surface area contributed by atoms with Gasteiger partial charge < -0.3 is 0 Å². The molecule has 0 bridgehead atoms. The third-order valence-corrected chi connectivity index (χ3v) is 6.96. The van der Waals surface area contributed by atoms with E-state index in [2.05, 4.69) is 60.7 Å². The van der Waals surface area contributed by atoms with Crippen LogP contribution in [0.5, 0.6) is 0 Å². The van der Waals surface area contributed by atoms with Gasteiger partial charge in [0.15, 0.2) is 0 Å². The van der Waals surface area contributed by atoms with E-state index in [9.17, 15) is 0 Å². The molecule has 0 fully saturated rings. The van der Waals surface area contributed by atoms with Crippen molar-refractivity contribution in [2.45, 2.75) is 17.5 Å². The van der Waals surface area contributed by atoms with Gasteiger partial charge in [0, 0.05) is 0 Å². The van der Waals surface area contributed by atoms with Crippen molar-refractivity contribution in [2.24, 2.45) is 0 Å². The Morgan fingerprint density at radius 2 is 1.22 bits per heavy atom. The molecule has 0 saturated heterocycles. The first-order valence-electron chi connectivity index (χ1n) is 6.15. The van der Waals surface area contributed by atoms with Crippen LogP contribution in [0.15, 0.2) is 60.7 Å². The van der Waals surface area contributed by atoms with Crippen LogP contribution in [0, 0.1) is 0 Å². The van der Waals surface area contributed by atoms with Gasteiger partial charge in [-0.25, -0.2) is 0 Å². The summed E-state index contributed by atoms with van der Waals surface area (Å²) in [5.41, 5.74) is 2.69. The molecule has 0 N–H and O–H groups in total. The van der Waals surface area contributed by atoms with E-state index in [-0.39, 0.29) is 0 Å². The first kappa shape index (κ1) is 14.0. The van der Waals surface area contributed by atoms with Gasteiger partial charge >= 0.3 is 122 Å². The van der Waals surface area contributed by atoms with Gasteiger partial charge in [-0.1, -0.05) is 0 Å². The standard InChI is InChI=1S/C15H17AsCl2/c17-16(18)12-11-15(13-7-3-1-4-8-13)14-9-5-2-6-10-14/h1-10,15H,11-12,16H2. The fraction of sp³-hybridized carbons (Fsp3) is 0.200. The summed E-state index contributed by atoms with van der Waals surface area (Å²) in [7, 11) is 12.1. The Bertz CT molecular complexity index is 417. The van der Waals surface area contributed by atoms with E-state index in [1.54, 1.807) is 0 Å². The number of rotatable bonds is 5. The monoisotopic (exact) mass is 342 g/mol. The van der Waals surface area contributed by atoms with Crippen molar-refractivity contribution in [1.29, 1.82) is 0 Å². The van der Waals surface area contributed by atoms with Crippen LogP contribution in [-0.4, -0.2) is 12.8 Å². The summed E-state index contributed by atoms with van der Waals surface area (Å²) in [5, 5.41) is 0.991. The van der Waals surface area contributed by atoms with Crippen LogP contribution in [0.1, 0.15) is 23.5 Å². The second-order valence-electron chi connectivity index (χ2n) is 4.34. The molecule has 0 unspecified atom stereocenters. The van der Waals surface area contributed by atoms with Crippen molar-refractivity contribution in [3.8, 4) is 0 Å². The summed E-state index contributed by atoms with van der Waals surface area (Å²) in [6.07, 6.45) is 1.05. The molecule has 2 aromatic carbocycles. The van der Waals surface area contributed by atoms with Gasteiger partial charge in [0.25, 0.3) is 0 Å². The second-order valence-corrected chi connectivity index (χ2v) is 13.8. The van der Waals surface area contributed by atoms with Crippen molar-refractivity contribution in [3.63, 3.8) is 0 Å². The van der Waals surface area contributed by atoms with Crippen LogP contribution in [0.4, 0.5) is 0 Å². The second kappa shape index (κ2) is 7.24. The average Bonchev–Trinajstić information content (AvgIpc) is 2.41. The molecule has 0 aromatic heterocycles. The third kappa shape index (κ3) is 4.05. The Balaban J connectivity index is 2.24. The van der Waals surface area contributed by atoms with Crippen LogP contribution < -0.4 is 0 Å². The maximum absolute atomic E-state index is 6.05. The molecule has 0 nitrogen and oxygen atoms in total. The van der Waals surface area contributed by atoms with Gasteiger partial charge in [-0.15, -0.1) is 0 Å². The predicted molar refractivity (Wildman–Crippen MR) is 84.4 cm³/mol. The van der Waals surface area contributed by atoms with E-state index in [1.165, 1.54) is 11.1 Å². The summed E-state index contributed by atoms with van der Waals surface area (Å²) >= 11 is -1.96. The number of hydrogen-bond acceptors (Lipinski definition) is 0. The molecule has 18 heavy (non-hydrogen) atoms. The van der Waals surface area contributed by atoms with Gasteiger partial charge in [0.05, 0.1) is 0 Å². The molecule has 0 radical (unpaired) electrons. The Labute approximate surface area is 122 Å².